The van der Waals surface area contributed by atoms with Crippen molar-refractivity contribution >= 4 is 22.2 Å². The molecule has 1 aromatic rings. The molecule has 1 aromatic carbocycles. The minimum atomic E-state index is -4.28. The van der Waals surface area contributed by atoms with Crippen molar-refractivity contribution < 1.29 is 17.8 Å². The third kappa shape index (κ3) is 2.51. The molecule has 1 aliphatic heterocycles. The molecule has 6 nitrogen and oxygen atoms in total. The summed E-state index contributed by atoms with van der Waals surface area (Å²) in [6.07, 6.45) is 1.67. The van der Waals surface area contributed by atoms with Crippen LogP contribution < -0.4 is 0 Å². The van der Waals surface area contributed by atoms with Gasteiger partial charge in [-0.05, 0) is 11.6 Å². The molecular formula is C10H10N2O4S. The van der Waals surface area contributed by atoms with E-state index >= 15 is 0 Å². The van der Waals surface area contributed by atoms with Crippen LogP contribution in [0.15, 0.2) is 34.3 Å². The summed E-state index contributed by atoms with van der Waals surface area (Å²) in [5, 5.41) is 4.99. The lowest BCUT2D eigenvalue weighted by Gasteiger charge is -2.13. The number of benzene rings is 1. The fraction of sp³-hybridized carbons (Fsp3) is 0.200. The van der Waals surface area contributed by atoms with Crippen LogP contribution in [-0.4, -0.2) is 30.1 Å². The van der Waals surface area contributed by atoms with E-state index in [9.17, 15) is 13.2 Å². The van der Waals surface area contributed by atoms with Crippen LogP contribution in [0, 0.1) is 0 Å². The highest BCUT2D eigenvalue weighted by molar-refractivity contribution is 7.85. The maximum Gasteiger partial charge on any atom is 0.294 e. The van der Waals surface area contributed by atoms with Gasteiger partial charge in [0.25, 0.3) is 10.1 Å². The van der Waals surface area contributed by atoms with Crippen LogP contribution in [0.2, 0.25) is 0 Å². The van der Waals surface area contributed by atoms with Crippen LogP contribution in [0.1, 0.15) is 12.0 Å². The monoisotopic (exact) mass is 254 g/mol. The fourth-order valence-corrected chi connectivity index (χ4v) is 2.28. The number of nitrogens with zero attached hydrogens (tertiary/aromatic N) is 2. The van der Waals surface area contributed by atoms with Crippen molar-refractivity contribution in [3.8, 4) is 0 Å². The second-order valence-corrected chi connectivity index (χ2v) is 4.93. The molecule has 1 N–H and O–H groups in total. The van der Waals surface area contributed by atoms with Crippen molar-refractivity contribution in [2.45, 2.75) is 17.9 Å². The summed E-state index contributed by atoms with van der Waals surface area (Å²) in [6.45, 7) is 0.0330. The number of hydrogen-bond acceptors (Lipinski definition) is 4. The van der Waals surface area contributed by atoms with Crippen molar-refractivity contribution in [1.29, 1.82) is 0 Å². The number of hydrazone groups is 1. The first-order valence-corrected chi connectivity index (χ1v) is 6.30. The van der Waals surface area contributed by atoms with E-state index in [2.05, 4.69) is 5.10 Å². The maximum absolute atomic E-state index is 11.3. The van der Waals surface area contributed by atoms with E-state index in [1.807, 2.05) is 0 Å². The molecule has 0 saturated carbocycles. The summed E-state index contributed by atoms with van der Waals surface area (Å²) >= 11 is 0. The van der Waals surface area contributed by atoms with Crippen LogP contribution in [0.5, 0.6) is 0 Å². The molecule has 1 heterocycles. The van der Waals surface area contributed by atoms with Gasteiger partial charge in [0.2, 0.25) is 5.91 Å². The van der Waals surface area contributed by atoms with Gasteiger partial charge in [-0.25, -0.2) is 5.01 Å². The number of carbonyl (C=O) groups excluding carboxylic acids is 1. The average molecular weight is 254 g/mol. The van der Waals surface area contributed by atoms with Gasteiger partial charge in [0.15, 0.2) is 0 Å². The lowest BCUT2D eigenvalue weighted by Crippen LogP contribution is -2.21. The summed E-state index contributed by atoms with van der Waals surface area (Å²) in [7, 11) is -4.28. The molecule has 90 valence electrons. The Morgan fingerprint density at radius 1 is 1.35 bits per heavy atom. The first-order valence-electron chi connectivity index (χ1n) is 4.86. The number of carbonyl (C=O) groups is 1. The molecule has 0 fully saturated rings. The highest BCUT2D eigenvalue weighted by Crippen LogP contribution is 2.18. The van der Waals surface area contributed by atoms with E-state index in [4.69, 9.17) is 4.55 Å². The fourth-order valence-electron chi connectivity index (χ4n) is 1.56. The molecule has 0 saturated heterocycles. The largest absolute Gasteiger partial charge is 0.294 e. The summed E-state index contributed by atoms with van der Waals surface area (Å²) in [5.74, 6) is -0.199. The predicted octanol–water partition coefficient (Wildman–Crippen LogP) is 0.651. The Morgan fingerprint density at radius 2 is 2.06 bits per heavy atom. The van der Waals surface area contributed by atoms with Crippen molar-refractivity contribution in [3.63, 3.8) is 0 Å². The van der Waals surface area contributed by atoms with Crippen molar-refractivity contribution in [2.75, 3.05) is 0 Å². The first-order chi connectivity index (χ1) is 7.98. The molecule has 17 heavy (non-hydrogen) atoms. The summed E-state index contributed by atoms with van der Waals surface area (Å²) in [6, 6.07) is 5.95. The zero-order chi connectivity index (χ0) is 12.5. The highest BCUT2D eigenvalue weighted by Gasteiger charge is 2.21. The number of rotatable bonds is 3. The Labute approximate surface area is 98.3 Å². The summed E-state index contributed by atoms with van der Waals surface area (Å²) in [5.41, 5.74) is 0.336. The second kappa shape index (κ2) is 4.27. The molecule has 0 aromatic heterocycles. The Kier molecular flexibility index (Phi) is 2.95. The average Bonchev–Trinajstić information content (AvgIpc) is 2.64. The van der Waals surface area contributed by atoms with Crippen LogP contribution >= 0.6 is 0 Å². The van der Waals surface area contributed by atoms with Crippen LogP contribution in [0.3, 0.4) is 0 Å². The molecule has 1 amide bonds. The zero-order valence-electron chi connectivity index (χ0n) is 8.78. The molecule has 2 rings (SSSR count). The first kappa shape index (κ1) is 11.7. The summed E-state index contributed by atoms with van der Waals surface area (Å²) in [4.78, 5) is 11.1. The SMILES string of the molecule is O=C1CC=NN1Cc1ccccc1S(=O)(=O)O. The second-order valence-electron chi connectivity index (χ2n) is 3.54. The molecule has 0 unspecified atom stereocenters. The quantitative estimate of drug-likeness (QED) is 0.802. The Balaban J connectivity index is 2.33. The molecule has 0 radical (unpaired) electrons. The molecule has 0 aliphatic carbocycles. The van der Waals surface area contributed by atoms with E-state index in [0.29, 0.717) is 5.56 Å². The normalized spacial score (nSPS) is 15.6. The molecule has 1 aliphatic rings. The minimum absolute atomic E-state index is 0.0330. The van der Waals surface area contributed by atoms with Gasteiger partial charge in [0.05, 0.1) is 17.9 Å². The van der Waals surface area contributed by atoms with Gasteiger partial charge in [-0.15, -0.1) is 0 Å². The molecule has 0 spiro atoms. The third-order valence-corrected chi connectivity index (χ3v) is 3.30. The van der Waals surface area contributed by atoms with Crippen LogP contribution in [0.4, 0.5) is 0 Å². The van der Waals surface area contributed by atoms with E-state index in [1.54, 1.807) is 6.07 Å². The van der Waals surface area contributed by atoms with Gasteiger partial charge in [0.1, 0.15) is 0 Å². The minimum Gasteiger partial charge on any atom is -0.282 e. The van der Waals surface area contributed by atoms with E-state index in [0.717, 1.165) is 0 Å². The van der Waals surface area contributed by atoms with Gasteiger partial charge in [-0.2, -0.15) is 13.5 Å². The van der Waals surface area contributed by atoms with Crippen molar-refractivity contribution in [3.05, 3.63) is 29.8 Å². The van der Waals surface area contributed by atoms with Gasteiger partial charge in [0, 0.05) is 6.21 Å². The molecule has 0 bridgehead atoms. The number of amides is 1. The van der Waals surface area contributed by atoms with Gasteiger partial charge >= 0.3 is 0 Å². The van der Waals surface area contributed by atoms with E-state index in [1.165, 1.54) is 29.4 Å². The van der Waals surface area contributed by atoms with Crippen LogP contribution in [-0.2, 0) is 21.5 Å². The van der Waals surface area contributed by atoms with E-state index < -0.39 is 10.1 Å². The van der Waals surface area contributed by atoms with Crippen molar-refractivity contribution in [1.82, 2.24) is 5.01 Å². The predicted molar refractivity (Wildman–Crippen MR) is 59.9 cm³/mol. The molecular weight excluding hydrogens is 244 g/mol. The smallest absolute Gasteiger partial charge is 0.282 e. The maximum atomic E-state index is 11.3. The van der Waals surface area contributed by atoms with Gasteiger partial charge in [-0.3, -0.25) is 9.35 Å². The third-order valence-electron chi connectivity index (χ3n) is 2.35. The lowest BCUT2D eigenvalue weighted by molar-refractivity contribution is -0.129. The highest BCUT2D eigenvalue weighted by atomic mass is 32.2. The number of hydrogen-bond donors (Lipinski definition) is 1. The summed E-state index contributed by atoms with van der Waals surface area (Å²) < 4.78 is 31.3. The Bertz CT molecular complexity index is 580. The van der Waals surface area contributed by atoms with Crippen molar-refractivity contribution in [2.24, 2.45) is 5.10 Å². The Hall–Kier alpha value is -1.73. The Morgan fingerprint density at radius 3 is 2.65 bits per heavy atom. The zero-order valence-corrected chi connectivity index (χ0v) is 9.59. The molecule has 7 heteroatoms. The lowest BCUT2D eigenvalue weighted by atomic mass is 10.2. The van der Waals surface area contributed by atoms with E-state index in [-0.39, 0.29) is 23.8 Å². The molecule has 0 atom stereocenters. The topological polar surface area (TPSA) is 87.0 Å². The van der Waals surface area contributed by atoms with Gasteiger partial charge in [-0.1, -0.05) is 18.2 Å². The van der Waals surface area contributed by atoms with Crippen LogP contribution in [0.25, 0.3) is 0 Å². The standard InChI is InChI=1S/C10H10N2O4S/c13-10-5-6-11-12(10)7-8-3-1-2-4-9(8)17(14,15)16/h1-4,6H,5,7H2,(H,14,15,16). The van der Waals surface area contributed by atoms with Gasteiger partial charge < -0.3 is 0 Å².